The number of benzene rings is 1. The highest BCUT2D eigenvalue weighted by Crippen LogP contribution is 2.29. The Labute approximate surface area is 120 Å². The highest BCUT2D eigenvalue weighted by atomic mass is 19.1. The van der Waals surface area contributed by atoms with Crippen LogP contribution in [0.25, 0.3) is 0 Å². The first-order valence-corrected chi connectivity index (χ1v) is 6.16. The number of nitrogens with zero attached hydrogens (tertiary/aromatic N) is 2. The Morgan fingerprint density at radius 2 is 2.19 bits per heavy atom. The molecular formula is C14H13FN2O4. The third-order valence-electron chi connectivity index (χ3n) is 2.81. The zero-order chi connectivity index (χ0) is 15.4. The standard InChI is InChI=1S/C14H13FN2O4/c1-9(18)13-5-12(17(19)20)2-3-14(13)21-8-10-4-11(15)7-16-6-10/h2-7,9,18H,8H2,1H3. The van der Waals surface area contributed by atoms with Crippen LogP contribution in [0, 0.1) is 15.9 Å². The number of rotatable bonds is 5. The summed E-state index contributed by atoms with van der Waals surface area (Å²) in [7, 11) is 0. The number of hydrogen-bond donors (Lipinski definition) is 1. The molecule has 2 aromatic rings. The third-order valence-corrected chi connectivity index (χ3v) is 2.81. The van der Waals surface area contributed by atoms with Gasteiger partial charge in [-0.2, -0.15) is 0 Å². The molecule has 2 rings (SSSR count). The van der Waals surface area contributed by atoms with Crippen LogP contribution in [0.4, 0.5) is 10.1 Å². The van der Waals surface area contributed by atoms with Crippen molar-refractivity contribution in [2.24, 2.45) is 0 Å². The molecule has 1 unspecified atom stereocenters. The van der Waals surface area contributed by atoms with Crippen LogP contribution in [-0.4, -0.2) is 15.0 Å². The van der Waals surface area contributed by atoms with Crippen LogP contribution in [0.1, 0.15) is 24.2 Å². The predicted molar refractivity (Wildman–Crippen MR) is 72.3 cm³/mol. The van der Waals surface area contributed by atoms with Crippen molar-refractivity contribution in [1.82, 2.24) is 4.98 Å². The van der Waals surface area contributed by atoms with Crippen molar-refractivity contribution in [2.75, 3.05) is 0 Å². The summed E-state index contributed by atoms with van der Waals surface area (Å²) in [6, 6.07) is 5.22. The van der Waals surface area contributed by atoms with Gasteiger partial charge in [-0.05, 0) is 19.1 Å². The van der Waals surface area contributed by atoms with Crippen molar-refractivity contribution >= 4 is 5.69 Å². The van der Waals surface area contributed by atoms with Crippen LogP contribution in [0.15, 0.2) is 36.7 Å². The summed E-state index contributed by atoms with van der Waals surface area (Å²) >= 11 is 0. The lowest BCUT2D eigenvalue weighted by Crippen LogP contribution is -2.02. The third kappa shape index (κ3) is 3.73. The van der Waals surface area contributed by atoms with E-state index in [4.69, 9.17) is 4.74 Å². The number of pyridine rings is 1. The van der Waals surface area contributed by atoms with E-state index in [1.165, 1.54) is 37.4 Å². The molecule has 0 radical (unpaired) electrons. The summed E-state index contributed by atoms with van der Waals surface area (Å²) in [5.41, 5.74) is 0.684. The lowest BCUT2D eigenvalue weighted by Gasteiger charge is -2.13. The van der Waals surface area contributed by atoms with Gasteiger partial charge in [-0.25, -0.2) is 4.39 Å². The zero-order valence-corrected chi connectivity index (χ0v) is 11.2. The molecule has 0 saturated heterocycles. The van der Waals surface area contributed by atoms with Gasteiger partial charge in [0.05, 0.1) is 17.2 Å². The van der Waals surface area contributed by atoms with Crippen molar-refractivity contribution < 1.29 is 19.2 Å². The molecule has 0 aliphatic heterocycles. The van der Waals surface area contributed by atoms with Crippen molar-refractivity contribution in [2.45, 2.75) is 19.6 Å². The van der Waals surface area contributed by atoms with E-state index in [2.05, 4.69) is 4.98 Å². The van der Waals surface area contributed by atoms with Gasteiger partial charge in [0.2, 0.25) is 0 Å². The maximum absolute atomic E-state index is 13.0. The monoisotopic (exact) mass is 292 g/mol. The van der Waals surface area contributed by atoms with Crippen LogP contribution in [0.2, 0.25) is 0 Å². The second kappa shape index (κ2) is 6.27. The van der Waals surface area contributed by atoms with Gasteiger partial charge in [0.1, 0.15) is 18.2 Å². The van der Waals surface area contributed by atoms with E-state index in [1.54, 1.807) is 0 Å². The lowest BCUT2D eigenvalue weighted by molar-refractivity contribution is -0.385. The first-order valence-electron chi connectivity index (χ1n) is 6.16. The van der Waals surface area contributed by atoms with E-state index < -0.39 is 16.8 Å². The van der Waals surface area contributed by atoms with E-state index in [-0.39, 0.29) is 12.3 Å². The fourth-order valence-corrected chi connectivity index (χ4v) is 1.80. The van der Waals surface area contributed by atoms with E-state index in [0.717, 1.165) is 6.20 Å². The molecule has 0 saturated carbocycles. The molecule has 1 aromatic carbocycles. The molecule has 110 valence electrons. The molecule has 1 heterocycles. The highest BCUT2D eigenvalue weighted by Gasteiger charge is 2.15. The molecule has 1 atom stereocenters. The molecule has 0 amide bonds. The lowest BCUT2D eigenvalue weighted by atomic mass is 10.1. The van der Waals surface area contributed by atoms with Gasteiger partial charge >= 0.3 is 0 Å². The van der Waals surface area contributed by atoms with E-state index in [9.17, 15) is 19.6 Å². The summed E-state index contributed by atoms with van der Waals surface area (Å²) in [6.45, 7) is 1.53. The number of halogens is 1. The average molecular weight is 292 g/mol. The van der Waals surface area contributed by atoms with Crippen molar-refractivity contribution in [3.63, 3.8) is 0 Å². The molecule has 1 N–H and O–H groups in total. The Hall–Kier alpha value is -2.54. The number of nitro groups is 1. The van der Waals surface area contributed by atoms with Gasteiger partial charge in [-0.15, -0.1) is 0 Å². The molecule has 1 aromatic heterocycles. The highest BCUT2D eigenvalue weighted by molar-refractivity contribution is 5.44. The quantitative estimate of drug-likeness (QED) is 0.676. The number of aromatic nitrogens is 1. The number of hydrogen-bond acceptors (Lipinski definition) is 5. The first-order chi connectivity index (χ1) is 9.97. The molecule has 21 heavy (non-hydrogen) atoms. The van der Waals surface area contributed by atoms with Crippen LogP contribution in [-0.2, 0) is 6.61 Å². The minimum absolute atomic E-state index is 0.0439. The van der Waals surface area contributed by atoms with Crippen LogP contribution in [0.3, 0.4) is 0 Å². The minimum Gasteiger partial charge on any atom is -0.488 e. The van der Waals surface area contributed by atoms with Crippen LogP contribution in [0.5, 0.6) is 5.75 Å². The normalized spacial score (nSPS) is 12.0. The molecule has 0 aliphatic carbocycles. The molecular weight excluding hydrogens is 279 g/mol. The minimum atomic E-state index is -0.925. The summed E-state index contributed by atoms with van der Waals surface area (Å²) in [4.78, 5) is 13.9. The molecule has 7 heteroatoms. The maximum Gasteiger partial charge on any atom is 0.270 e. The zero-order valence-electron chi connectivity index (χ0n) is 11.2. The summed E-state index contributed by atoms with van der Waals surface area (Å²) in [5, 5.41) is 20.4. The largest absolute Gasteiger partial charge is 0.488 e. The average Bonchev–Trinajstić information content (AvgIpc) is 2.44. The smallest absolute Gasteiger partial charge is 0.270 e. The van der Waals surface area contributed by atoms with Gasteiger partial charge in [0, 0.05) is 29.5 Å². The molecule has 0 aliphatic rings. The Morgan fingerprint density at radius 1 is 1.43 bits per heavy atom. The van der Waals surface area contributed by atoms with Crippen molar-refractivity contribution in [1.29, 1.82) is 0 Å². The summed E-state index contributed by atoms with van der Waals surface area (Å²) in [6.07, 6.45) is 1.61. The van der Waals surface area contributed by atoms with Gasteiger partial charge in [0.25, 0.3) is 5.69 Å². The number of aliphatic hydroxyl groups excluding tert-OH is 1. The number of ether oxygens (including phenoxy) is 1. The topological polar surface area (TPSA) is 85.5 Å². The number of aliphatic hydroxyl groups is 1. The Bertz CT molecular complexity index is 661. The second-order valence-electron chi connectivity index (χ2n) is 4.46. The number of nitro benzene ring substituents is 1. The van der Waals surface area contributed by atoms with Crippen LogP contribution < -0.4 is 4.74 Å². The summed E-state index contributed by atoms with van der Waals surface area (Å²) in [5.74, 6) is -0.171. The SMILES string of the molecule is CC(O)c1cc([N+](=O)[O-])ccc1OCc1cncc(F)c1. The van der Waals surface area contributed by atoms with E-state index in [0.29, 0.717) is 16.9 Å². The fraction of sp³-hybridized carbons (Fsp3) is 0.214. The maximum atomic E-state index is 13.0. The van der Waals surface area contributed by atoms with Gasteiger partial charge in [-0.1, -0.05) is 0 Å². The van der Waals surface area contributed by atoms with Crippen molar-refractivity contribution in [3.05, 3.63) is 63.7 Å². The van der Waals surface area contributed by atoms with E-state index in [1.807, 2.05) is 0 Å². The van der Waals surface area contributed by atoms with Crippen molar-refractivity contribution in [3.8, 4) is 5.75 Å². The van der Waals surface area contributed by atoms with Crippen LogP contribution >= 0.6 is 0 Å². The molecule has 0 bridgehead atoms. The molecule has 0 fully saturated rings. The Balaban J connectivity index is 2.21. The fourth-order valence-electron chi connectivity index (χ4n) is 1.80. The van der Waals surface area contributed by atoms with Gasteiger partial charge in [0.15, 0.2) is 0 Å². The predicted octanol–water partition coefficient (Wildman–Crippen LogP) is 2.76. The number of non-ortho nitro benzene ring substituents is 1. The Morgan fingerprint density at radius 3 is 2.81 bits per heavy atom. The summed E-state index contributed by atoms with van der Waals surface area (Å²) < 4.78 is 18.5. The molecule has 0 spiro atoms. The second-order valence-corrected chi connectivity index (χ2v) is 4.46. The van der Waals surface area contributed by atoms with E-state index >= 15 is 0 Å². The first kappa shape index (κ1) is 14.9. The van der Waals surface area contributed by atoms with Gasteiger partial charge in [-0.3, -0.25) is 15.1 Å². The molecule has 6 nitrogen and oxygen atoms in total. The Kier molecular flexibility index (Phi) is 4.44. The van der Waals surface area contributed by atoms with Gasteiger partial charge < -0.3 is 9.84 Å².